The first-order valence-corrected chi connectivity index (χ1v) is 5.17. The van der Waals surface area contributed by atoms with E-state index >= 15 is 0 Å². The van der Waals surface area contributed by atoms with Crippen molar-refractivity contribution in [1.29, 1.82) is 0 Å². The zero-order valence-corrected chi connectivity index (χ0v) is 8.57. The molecule has 78 valence electrons. The quantitative estimate of drug-likeness (QED) is 0.775. The molecule has 0 unspecified atom stereocenters. The van der Waals surface area contributed by atoms with Gasteiger partial charge in [-0.15, -0.1) is 0 Å². The Hall–Kier alpha value is -1.03. The summed E-state index contributed by atoms with van der Waals surface area (Å²) in [4.78, 5) is 0. The molecule has 0 spiro atoms. The van der Waals surface area contributed by atoms with Gasteiger partial charge in [-0.25, -0.2) is 0 Å². The molecule has 0 amide bonds. The summed E-state index contributed by atoms with van der Waals surface area (Å²) in [5.41, 5.74) is 0. The molecule has 2 heterocycles. The Bertz CT molecular complexity index is 279. The summed E-state index contributed by atoms with van der Waals surface area (Å²) in [5, 5.41) is 7.40. The van der Waals surface area contributed by atoms with E-state index in [1.165, 1.54) is 12.8 Å². The maximum Gasteiger partial charge on any atom is 0.157 e. The van der Waals surface area contributed by atoms with E-state index in [0.717, 1.165) is 25.4 Å². The van der Waals surface area contributed by atoms with Gasteiger partial charge in [0, 0.05) is 7.05 Å². The molecule has 0 radical (unpaired) electrons. The number of rotatable bonds is 3. The van der Waals surface area contributed by atoms with E-state index in [0.29, 0.717) is 5.92 Å². The largest absolute Gasteiger partial charge is 0.490 e. The highest BCUT2D eigenvalue weighted by molar-refractivity contribution is 5.11. The summed E-state index contributed by atoms with van der Waals surface area (Å²) in [5.74, 6) is 1.59. The molecule has 1 aliphatic heterocycles. The second-order valence-electron chi connectivity index (χ2n) is 3.85. The van der Waals surface area contributed by atoms with Crippen LogP contribution in [0.15, 0.2) is 12.4 Å². The molecule has 0 saturated carbocycles. The lowest BCUT2D eigenvalue weighted by Gasteiger charge is -2.22. The van der Waals surface area contributed by atoms with Gasteiger partial charge in [-0.3, -0.25) is 4.68 Å². The molecule has 4 heteroatoms. The molecule has 4 nitrogen and oxygen atoms in total. The fourth-order valence-electron chi connectivity index (χ4n) is 1.74. The van der Waals surface area contributed by atoms with Crippen LogP contribution in [-0.4, -0.2) is 29.5 Å². The molecule has 1 N–H and O–H groups in total. The Kier molecular flexibility index (Phi) is 3.03. The summed E-state index contributed by atoms with van der Waals surface area (Å²) in [6.45, 7) is 3.08. The third-order valence-electron chi connectivity index (χ3n) is 2.63. The van der Waals surface area contributed by atoms with Crippen LogP contribution in [0.5, 0.6) is 5.75 Å². The van der Waals surface area contributed by atoms with Crippen molar-refractivity contribution in [3.63, 3.8) is 0 Å². The van der Waals surface area contributed by atoms with Crippen molar-refractivity contribution in [2.75, 3.05) is 19.7 Å². The van der Waals surface area contributed by atoms with Crippen molar-refractivity contribution in [3.05, 3.63) is 12.4 Å². The molecule has 0 aromatic carbocycles. The average Bonchev–Trinajstić information content (AvgIpc) is 2.63. The number of nitrogens with one attached hydrogen (secondary N) is 1. The molecule has 1 fully saturated rings. The third kappa shape index (κ3) is 2.48. The van der Waals surface area contributed by atoms with E-state index in [-0.39, 0.29) is 0 Å². The summed E-state index contributed by atoms with van der Waals surface area (Å²) in [6.07, 6.45) is 6.11. The lowest BCUT2D eigenvalue weighted by molar-refractivity contribution is 0.215. The fraction of sp³-hybridized carbons (Fsp3) is 0.700. The predicted octanol–water partition coefficient (Wildman–Crippen LogP) is 0.798. The van der Waals surface area contributed by atoms with Crippen LogP contribution in [0.1, 0.15) is 12.8 Å². The van der Waals surface area contributed by atoms with Crippen LogP contribution in [0.3, 0.4) is 0 Å². The van der Waals surface area contributed by atoms with Gasteiger partial charge in [-0.1, -0.05) is 0 Å². The highest BCUT2D eigenvalue weighted by Crippen LogP contribution is 2.14. The monoisotopic (exact) mass is 195 g/mol. The van der Waals surface area contributed by atoms with E-state index in [4.69, 9.17) is 4.74 Å². The second-order valence-corrected chi connectivity index (χ2v) is 3.85. The van der Waals surface area contributed by atoms with Gasteiger partial charge in [0.15, 0.2) is 5.75 Å². The summed E-state index contributed by atoms with van der Waals surface area (Å²) in [6, 6.07) is 0. The van der Waals surface area contributed by atoms with Gasteiger partial charge in [0.1, 0.15) is 0 Å². The van der Waals surface area contributed by atoms with Crippen molar-refractivity contribution in [2.45, 2.75) is 12.8 Å². The SMILES string of the molecule is Cn1cc(OCC2CCNCC2)cn1. The van der Waals surface area contributed by atoms with Gasteiger partial charge in [0.05, 0.1) is 19.0 Å². The number of ether oxygens (including phenoxy) is 1. The zero-order chi connectivity index (χ0) is 9.80. The van der Waals surface area contributed by atoms with Crippen molar-refractivity contribution in [2.24, 2.45) is 13.0 Å². The maximum atomic E-state index is 5.66. The topological polar surface area (TPSA) is 39.1 Å². The smallest absolute Gasteiger partial charge is 0.157 e. The van der Waals surface area contributed by atoms with E-state index in [2.05, 4.69) is 10.4 Å². The van der Waals surface area contributed by atoms with Crippen molar-refractivity contribution in [1.82, 2.24) is 15.1 Å². The Morgan fingerprint density at radius 3 is 3.00 bits per heavy atom. The third-order valence-corrected chi connectivity index (χ3v) is 2.63. The molecule has 14 heavy (non-hydrogen) atoms. The Morgan fingerprint density at radius 2 is 2.36 bits per heavy atom. The van der Waals surface area contributed by atoms with Gasteiger partial charge in [-0.05, 0) is 31.8 Å². The second kappa shape index (κ2) is 4.46. The molecule has 2 rings (SSSR count). The molecular formula is C10H17N3O. The number of aromatic nitrogens is 2. The van der Waals surface area contributed by atoms with Crippen LogP contribution >= 0.6 is 0 Å². The highest BCUT2D eigenvalue weighted by atomic mass is 16.5. The van der Waals surface area contributed by atoms with Gasteiger partial charge >= 0.3 is 0 Å². The van der Waals surface area contributed by atoms with Crippen LogP contribution in [0.4, 0.5) is 0 Å². The van der Waals surface area contributed by atoms with Crippen molar-refractivity contribution < 1.29 is 4.74 Å². The highest BCUT2D eigenvalue weighted by Gasteiger charge is 2.13. The first-order valence-electron chi connectivity index (χ1n) is 5.17. The molecular weight excluding hydrogens is 178 g/mol. The summed E-state index contributed by atoms with van der Waals surface area (Å²) in [7, 11) is 1.90. The average molecular weight is 195 g/mol. The Balaban J connectivity index is 1.76. The van der Waals surface area contributed by atoms with Gasteiger partial charge in [0.25, 0.3) is 0 Å². The minimum absolute atomic E-state index is 0.705. The number of aryl methyl sites for hydroxylation is 1. The standard InChI is InChI=1S/C10H17N3O/c1-13-7-10(6-12-13)14-8-9-2-4-11-5-3-9/h6-7,9,11H,2-5,8H2,1H3. The van der Waals surface area contributed by atoms with E-state index in [1.807, 2.05) is 13.2 Å². The molecule has 1 aromatic rings. The van der Waals surface area contributed by atoms with E-state index < -0.39 is 0 Å². The zero-order valence-electron chi connectivity index (χ0n) is 8.57. The Morgan fingerprint density at radius 1 is 1.57 bits per heavy atom. The van der Waals surface area contributed by atoms with Gasteiger partial charge in [-0.2, -0.15) is 5.10 Å². The number of nitrogens with zero attached hydrogens (tertiary/aromatic N) is 2. The lowest BCUT2D eigenvalue weighted by Crippen LogP contribution is -2.30. The normalized spacial score (nSPS) is 18.4. The molecule has 0 aliphatic carbocycles. The van der Waals surface area contributed by atoms with Crippen LogP contribution in [0, 0.1) is 5.92 Å². The van der Waals surface area contributed by atoms with Crippen molar-refractivity contribution in [3.8, 4) is 5.75 Å². The van der Waals surface area contributed by atoms with E-state index in [1.54, 1.807) is 10.9 Å². The first-order chi connectivity index (χ1) is 6.84. The number of hydrogen-bond acceptors (Lipinski definition) is 3. The van der Waals surface area contributed by atoms with Crippen molar-refractivity contribution >= 4 is 0 Å². The maximum absolute atomic E-state index is 5.66. The molecule has 1 aromatic heterocycles. The minimum atomic E-state index is 0.705. The van der Waals surface area contributed by atoms with Crippen LogP contribution in [0.25, 0.3) is 0 Å². The van der Waals surface area contributed by atoms with E-state index in [9.17, 15) is 0 Å². The minimum Gasteiger partial charge on any atom is -0.490 e. The fourth-order valence-corrected chi connectivity index (χ4v) is 1.74. The summed E-state index contributed by atoms with van der Waals surface area (Å²) < 4.78 is 7.42. The molecule has 1 aliphatic rings. The lowest BCUT2D eigenvalue weighted by atomic mass is 9.99. The molecule has 1 saturated heterocycles. The van der Waals surface area contributed by atoms with Crippen LogP contribution in [0.2, 0.25) is 0 Å². The molecule has 0 bridgehead atoms. The molecule has 0 atom stereocenters. The van der Waals surface area contributed by atoms with Gasteiger partial charge in [0.2, 0.25) is 0 Å². The number of piperidine rings is 1. The Labute approximate surface area is 84.3 Å². The van der Waals surface area contributed by atoms with Gasteiger partial charge < -0.3 is 10.1 Å². The predicted molar refractivity (Wildman–Crippen MR) is 54.3 cm³/mol. The van der Waals surface area contributed by atoms with Crippen LogP contribution in [-0.2, 0) is 7.05 Å². The van der Waals surface area contributed by atoms with Crippen LogP contribution < -0.4 is 10.1 Å². The summed E-state index contributed by atoms with van der Waals surface area (Å²) >= 11 is 0. The first kappa shape index (κ1) is 9.52. The number of hydrogen-bond donors (Lipinski definition) is 1.